The van der Waals surface area contributed by atoms with Crippen molar-refractivity contribution in [3.63, 3.8) is 0 Å². The lowest BCUT2D eigenvalue weighted by atomic mass is 10.2. The van der Waals surface area contributed by atoms with E-state index in [9.17, 15) is 9.18 Å². The van der Waals surface area contributed by atoms with Crippen LogP contribution in [0.2, 0.25) is 5.02 Å². The summed E-state index contributed by atoms with van der Waals surface area (Å²) in [5, 5.41) is 0.776. The zero-order valence-electron chi connectivity index (χ0n) is 10.8. The molecule has 0 amide bonds. The first-order valence-corrected chi connectivity index (χ1v) is 6.61. The summed E-state index contributed by atoms with van der Waals surface area (Å²) < 4.78 is 24.2. The fraction of sp³-hybridized carbons (Fsp3) is 0.0625. The quantitative estimate of drug-likeness (QED) is 0.667. The summed E-state index contributed by atoms with van der Waals surface area (Å²) in [5.41, 5.74) is 0.620. The molecule has 0 saturated heterocycles. The van der Waals surface area contributed by atoms with Crippen LogP contribution in [0.4, 0.5) is 4.39 Å². The van der Waals surface area contributed by atoms with E-state index in [1.54, 1.807) is 18.2 Å². The van der Waals surface area contributed by atoms with Crippen molar-refractivity contribution in [2.75, 3.05) is 6.61 Å². The third-order valence-electron chi connectivity index (χ3n) is 2.98. The van der Waals surface area contributed by atoms with E-state index >= 15 is 0 Å². The van der Waals surface area contributed by atoms with Crippen LogP contribution in [-0.2, 0) is 0 Å². The minimum absolute atomic E-state index is 0.0521. The number of furan rings is 1. The molecule has 0 radical (unpaired) electrons. The Hall–Kier alpha value is -2.33. The molecule has 0 aliphatic carbocycles. The Morgan fingerprint density at radius 2 is 2.00 bits per heavy atom. The number of fused-ring (bicyclic) bond motifs is 1. The third-order valence-corrected chi connectivity index (χ3v) is 3.27. The summed E-state index contributed by atoms with van der Waals surface area (Å²) in [6.07, 6.45) is 0. The second kappa shape index (κ2) is 5.58. The van der Waals surface area contributed by atoms with Gasteiger partial charge in [-0.25, -0.2) is 4.39 Å². The number of benzene rings is 2. The molecule has 0 spiro atoms. The summed E-state index contributed by atoms with van der Waals surface area (Å²) in [4.78, 5) is 12.0. The van der Waals surface area contributed by atoms with Crippen LogP contribution in [0, 0.1) is 5.82 Å². The Morgan fingerprint density at radius 3 is 2.81 bits per heavy atom. The van der Waals surface area contributed by atoms with Crippen LogP contribution in [0.15, 0.2) is 52.9 Å². The van der Waals surface area contributed by atoms with Gasteiger partial charge in [0.05, 0.1) is 5.02 Å². The third kappa shape index (κ3) is 2.76. The number of ketones is 1. The first kappa shape index (κ1) is 13.6. The molecule has 1 heterocycles. The highest BCUT2D eigenvalue weighted by Gasteiger charge is 2.14. The van der Waals surface area contributed by atoms with E-state index in [0.717, 1.165) is 5.39 Å². The molecule has 0 saturated carbocycles. The maximum absolute atomic E-state index is 13.6. The molecule has 21 heavy (non-hydrogen) atoms. The van der Waals surface area contributed by atoms with Crippen molar-refractivity contribution in [3.05, 3.63) is 65.1 Å². The van der Waals surface area contributed by atoms with E-state index in [1.165, 1.54) is 12.1 Å². The normalized spacial score (nSPS) is 10.8. The Bertz CT molecular complexity index is 777. The van der Waals surface area contributed by atoms with Crippen LogP contribution in [0.3, 0.4) is 0 Å². The number of carbonyl (C=O) groups is 1. The molecule has 5 heteroatoms. The number of Topliss-reactive ketones (excluding diaryl/α,β-unsaturated/α-hetero) is 1. The van der Waals surface area contributed by atoms with Gasteiger partial charge in [-0.15, -0.1) is 0 Å². The fourth-order valence-corrected chi connectivity index (χ4v) is 2.10. The highest BCUT2D eigenvalue weighted by molar-refractivity contribution is 6.30. The zero-order valence-corrected chi connectivity index (χ0v) is 11.6. The standard InChI is InChI=1S/C16H10ClFO3/c17-11-5-3-7-14(16(11)18)20-9-12(19)15-8-10-4-1-2-6-13(10)21-15/h1-8H,9H2. The number of carbonyl (C=O) groups excluding carboxylic acids is 1. The number of hydrogen-bond donors (Lipinski definition) is 0. The summed E-state index contributed by atoms with van der Waals surface area (Å²) in [6.45, 7) is -0.322. The molecule has 0 aliphatic heterocycles. The van der Waals surface area contributed by atoms with E-state index < -0.39 is 5.82 Å². The van der Waals surface area contributed by atoms with E-state index in [-0.39, 0.29) is 28.9 Å². The molecule has 0 fully saturated rings. The van der Waals surface area contributed by atoms with Gasteiger partial charge in [0.1, 0.15) is 5.58 Å². The Labute approximate surface area is 124 Å². The molecule has 3 nitrogen and oxygen atoms in total. The summed E-state index contributed by atoms with van der Waals surface area (Å²) in [5.74, 6) is -0.937. The average Bonchev–Trinajstić information content (AvgIpc) is 2.92. The molecule has 0 aliphatic rings. The predicted octanol–water partition coefficient (Wildman–Crippen LogP) is 4.49. The van der Waals surface area contributed by atoms with Gasteiger partial charge in [-0.1, -0.05) is 35.9 Å². The number of hydrogen-bond acceptors (Lipinski definition) is 3. The minimum atomic E-state index is -0.684. The van der Waals surface area contributed by atoms with Crippen LogP contribution < -0.4 is 4.74 Å². The van der Waals surface area contributed by atoms with Crippen LogP contribution >= 0.6 is 11.6 Å². The fourth-order valence-electron chi connectivity index (χ4n) is 1.93. The molecule has 106 valence electrons. The lowest BCUT2D eigenvalue weighted by Gasteiger charge is -2.06. The molecule has 0 atom stereocenters. The van der Waals surface area contributed by atoms with E-state index in [2.05, 4.69) is 0 Å². The largest absolute Gasteiger partial charge is 0.482 e. The van der Waals surface area contributed by atoms with Crippen LogP contribution in [0.1, 0.15) is 10.6 Å². The molecule has 1 aromatic heterocycles. The molecule has 2 aromatic carbocycles. The second-order valence-corrected chi connectivity index (χ2v) is 4.82. The summed E-state index contributed by atoms with van der Waals surface area (Å²) >= 11 is 5.64. The van der Waals surface area contributed by atoms with Gasteiger partial charge in [0.25, 0.3) is 0 Å². The Balaban J connectivity index is 1.76. The van der Waals surface area contributed by atoms with Crippen molar-refractivity contribution in [1.82, 2.24) is 0 Å². The molecule has 0 bridgehead atoms. The maximum Gasteiger partial charge on any atom is 0.235 e. The van der Waals surface area contributed by atoms with Gasteiger partial charge in [0.15, 0.2) is 23.9 Å². The number of rotatable bonds is 4. The Kier molecular flexibility index (Phi) is 3.62. The van der Waals surface area contributed by atoms with Gasteiger partial charge in [-0.3, -0.25) is 4.79 Å². The molecular formula is C16H10ClFO3. The summed E-state index contributed by atoms with van der Waals surface area (Å²) in [7, 11) is 0. The Morgan fingerprint density at radius 1 is 1.19 bits per heavy atom. The zero-order chi connectivity index (χ0) is 14.8. The van der Waals surface area contributed by atoms with Crippen molar-refractivity contribution in [2.45, 2.75) is 0 Å². The SMILES string of the molecule is O=C(COc1cccc(Cl)c1F)c1cc2ccccc2o1. The van der Waals surface area contributed by atoms with E-state index in [4.69, 9.17) is 20.8 Å². The molecule has 0 unspecified atom stereocenters. The van der Waals surface area contributed by atoms with Crippen molar-refractivity contribution in [1.29, 1.82) is 0 Å². The van der Waals surface area contributed by atoms with Gasteiger partial charge in [-0.2, -0.15) is 0 Å². The highest BCUT2D eigenvalue weighted by atomic mass is 35.5. The van der Waals surface area contributed by atoms with E-state index in [0.29, 0.717) is 5.58 Å². The predicted molar refractivity (Wildman–Crippen MR) is 77.4 cm³/mol. The smallest absolute Gasteiger partial charge is 0.235 e. The van der Waals surface area contributed by atoms with Crippen molar-refractivity contribution in [2.24, 2.45) is 0 Å². The number of para-hydroxylation sites is 1. The molecule has 3 rings (SSSR count). The van der Waals surface area contributed by atoms with Gasteiger partial charge in [-0.05, 0) is 24.3 Å². The van der Waals surface area contributed by atoms with E-state index in [1.807, 2.05) is 18.2 Å². The minimum Gasteiger partial charge on any atom is -0.482 e. The number of halogens is 2. The second-order valence-electron chi connectivity index (χ2n) is 4.41. The molecule has 3 aromatic rings. The van der Waals surface area contributed by atoms with Gasteiger partial charge < -0.3 is 9.15 Å². The maximum atomic E-state index is 13.6. The van der Waals surface area contributed by atoms with Crippen LogP contribution in [-0.4, -0.2) is 12.4 Å². The molecule has 0 N–H and O–H groups in total. The van der Waals surface area contributed by atoms with Crippen LogP contribution in [0.5, 0.6) is 5.75 Å². The van der Waals surface area contributed by atoms with Crippen LogP contribution in [0.25, 0.3) is 11.0 Å². The highest BCUT2D eigenvalue weighted by Crippen LogP contribution is 2.24. The lowest BCUT2D eigenvalue weighted by molar-refractivity contribution is 0.0893. The monoisotopic (exact) mass is 304 g/mol. The first-order valence-electron chi connectivity index (χ1n) is 6.24. The van der Waals surface area contributed by atoms with Gasteiger partial charge in [0, 0.05) is 5.39 Å². The number of ether oxygens (including phenoxy) is 1. The summed E-state index contributed by atoms with van der Waals surface area (Å²) in [6, 6.07) is 13.3. The lowest BCUT2D eigenvalue weighted by Crippen LogP contribution is -2.11. The van der Waals surface area contributed by atoms with Crippen molar-refractivity contribution >= 4 is 28.4 Å². The van der Waals surface area contributed by atoms with Crippen molar-refractivity contribution in [3.8, 4) is 5.75 Å². The molecular weight excluding hydrogens is 295 g/mol. The van der Waals surface area contributed by atoms with Gasteiger partial charge in [0.2, 0.25) is 5.78 Å². The first-order chi connectivity index (χ1) is 10.1. The van der Waals surface area contributed by atoms with Gasteiger partial charge >= 0.3 is 0 Å². The topological polar surface area (TPSA) is 39.4 Å². The average molecular weight is 305 g/mol. The van der Waals surface area contributed by atoms with Crippen molar-refractivity contribution < 1.29 is 18.3 Å².